The summed E-state index contributed by atoms with van der Waals surface area (Å²) in [5.41, 5.74) is 2.58. The van der Waals surface area contributed by atoms with Gasteiger partial charge in [-0.25, -0.2) is 9.59 Å². The van der Waals surface area contributed by atoms with Crippen molar-refractivity contribution in [3.8, 4) is 0 Å². The molecule has 1 N–H and O–H groups in total. The fraction of sp³-hybridized carbons (Fsp3) is 0.333. The van der Waals surface area contributed by atoms with E-state index in [2.05, 4.69) is 9.57 Å². The first-order valence-corrected chi connectivity index (χ1v) is 6.68. The van der Waals surface area contributed by atoms with Crippen molar-refractivity contribution in [1.82, 2.24) is 5.48 Å². The summed E-state index contributed by atoms with van der Waals surface area (Å²) in [5.74, 6) is -1.17. The second-order valence-corrected chi connectivity index (χ2v) is 6.36. The van der Waals surface area contributed by atoms with Gasteiger partial charge in [0, 0.05) is 0 Å². The van der Waals surface area contributed by atoms with E-state index in [0.29, 0.717) is 0 Å². The monoisotopic (exact) mass is 339 g/mol. The summed E-state index contributed by atoms with van der Waals surface area (Å²) in [6, 6.07) is 8.96. The maximum absolute atomic E-state index is 11.7. The lowest BCUT2D eigenvalue weighted by Gasteiger charge is -2.13. The normalized spacial score (nSPS) is 12.4. The summed E-state index contributed by atoms with van der Waals surface area (Å²) < 4.78 is 2.80. The van der Waals surface area contributed by atoms with Gasteiger partial charge < -0.3 is 9.57 Å². The highest BCUT2D eigenvalue weighted by Crippen LogP contribution is 2.25. The second kappa shape index (κ2) is 7.57. The highest BCUT2D eigenvalue weighted by atomic mass is 35.6. The van der Waals surface area contributed by atoms with Crippen LogP contribution < -0.4 is 5.48 Å². The van der Waals surface area contributed by atoms with Crippen molar-refractivity contribution in [1.29, 1.82) is 0 Å². The molecule has 0 spiro atoms. The van der Waals surface area contributed by atoms with Gasteiger partial charge in [0.25, 0.3) is 0 Å². The molecule has 0 aliphatic rings. The molecule has 1 aromatic carbocycles. The van der Waals surface area contributed by atoms with E-state index < -0.39 is 28.4 Å². The molecular weight excluding hydrogens is 328 g/mol. The number of amides is 1. The molecule has 0 aliphatic carbocycles. The average molecular weight is 341 g/mol. The van der Waals surface area contributed by atoms with Crippen molar-refractivity contribution in [3.63, 3.8) is 0 Å². The van der Waals surface area contributed by atoms with E-state index in [1.807, 2.05) is 11.5 Å². The predicted octanol–water partition coefficient (Wildman–Crippen LogP) is 3.34. The van der Waals surface area contributed by atoms with Gasteiger partial charge >= 0.3 is 12.1 Å². The van der Waals surface area contributed by atoms with E-state index in [-0.39, 0.29) is 0 Å². The minimum atomic E-state index is -1.72. The molecule has 1 atom stereocenters. The lowest BCUT2D eigenvalue weighted by atomic mass is 10.0. The number of carbonyl (C=O) groups is 2. The summed E-state index contributed by atoms with van der Waals surface area (Å²) in [5, 5.41) is 0. The van der Waals surface area contributed by atoms with Crippen molar-refractivity contribution in [2.75, 3.05) is 6.61 Å². The highest BCUT2D eigenvalue weighted by molar-refractivity contribution is 6.67. The number of hydrogen-bond acceptors (Lipinski definition) is 4. The van der Waals surface area contributed by atoms with Crippen molar-refractivity contribution >= 4 is 46.9 Å². The number of benzene rings is 1. The van der Waals surface area contributed by atoms with Crippen molar-refractivity contribution in [3.05, 3.63) is 35.9 Å². The molecule has 110 valence electrons. The minimum Gasteiger partial charge on any atom is -0.443 e. The van der Waals surface area contributed by atoms with Gasteiger partial charge in [-0.15, -0.1) is 5.48 Å². The van der Waals surface area contributed by atoms with Crippen LogP contribution in [0.25, 0.3) is 0 Å². The van der Waals surface area contributed by atoms with Crippen LogP contribution in [-0.4, -0.2) is 22.5 Å². The molecule has 0 saturated carbocycles. The topological polar surface area (TPSA) is 64.6 Å². The number of hydroxylamine groups is 1. The smallest absolute Gasteiger partial charge is 0.440 e. The van der Waals surface area contributed by atoms with Crippen LogP contribution >= 0.6 is 34.8 Å². The third-order valence-corrected chi connectivity index (χ3v) is 2.58. The van der Waals surface area contributed by atoms with Gasteiger partial charge in [0.15, 0.2) is 0 Å². The molecule has 0 heterocycles. The number of rotatable bonds is 3. The Labute approximate surface area is 131 Å². The third kappa shape index (κ3) is 6.32. The molecule has 0 fully saturated rings. The molecule has 0 radical (unpaired) electrons. The number of ether oxygens (including phenoxy) is 1. The molecule has 8 heteroatoms. The van der Waals surface area contributed by atoms with Gasteiger partial charge in [0.2, 0.25) is 3.79 Å². The number of alkyl halides is 3. The number of nitrogens with one attached hydrogen (secondary N) is 1. The number of carbonyl (C=O) groups excluding carboxylic acids is 2. The zero-order valence-corrected chi connectivity index (χ0v) is 12.7. The van der Waals surface area contributed by atoms with Gasteiger partial charge in [-0.1, -0.05) is 65.1 Å². The highest BCUT2D eigenvalue weighted by Gasteiger charge is 2.23. The van der Waals surface area contributed by atoms with E-state index in [4.69, 9.17) is 34.8 Å². The molecular formula is C12H12Cl3NO4. The fourth-order valence-electron chi connectivity index (χ4n) is 1.23. The van der Waals surface area contributed by atoms with Gasteiger partial charge in [0.1, 0.15) is 6.61 Å². The molecule has 0 aromatic heterocycles. The Morgan fingerprint density at radius 3 is 2.40 bits per heavy atom. The quantitative estimate of drug-likeness (QED) is 0.677. The van der Waals surface area contributed by atoms with Crippen LogP contribution in [0.5, 0.6) is 0 Å². The summed E-state index contributed by atoms with van der Waals surface area (Å²) in [6.07, 6.45) is -1.02. The van der Waals surface area contributed by atoms with E-state index in [0.717, 1.165) is 5.56 Å². The van der Waals surface area contributed by atoms with Gasteiger partial charge in [0.05, 0.1) is 5.92 Å². The van der Waals surface area contributed by atoms with Crippen molar-refractivity contribution < 1.29 is 19.2 Å². The lowest BCUT2D eigenvalue weighted by molar-refractivity contribution is -0.151. The lowest BCUT2D eigenvalue weighted by Crippen LogP contribution is -2.31. The van der Waals surface area contributed by atoms with Crippen molar-refractivity contribution in [2.45, 2.75) is 16.6 Å². The van der Waals surface area contributed by atoms with Crippen molar-refractivity contribution in [2.24, 2.45) is 0 Å². The van der Waals surface area contributed by atoms with Gasteiger partial charge in [-0.05, 0) is 12.5 Å². The first kappa shape index (κ1) is 16.9. The Morgan fingerprint density at radius 1 is 1.25 bits per heavy atom. The van der Waals surface area contributed by atoms with Gasteiger partial charge in [-0.3, -0.25) is 0 Å². The number of hydrogen-bond donors (Lipinski definition) is 1. The Morgan fingerprint density at radius 2 is 1.85 bits per heavy atom. The molecule has 0 aliphatic heterocycles. The van der Waals surface area contributed by atoms with Crippen LogP contribution in [-0.2, 0) is 14.4 Å². The summed E-state index contributed by atoms with van der Waals surface area (Å²) in [4.78, 5) is 27.4. The van der Waals surface area contributed by atoms with Crippen LogP contribution in [0.2, 0.25) is 0 Å². The molecule has 0 saturated heterocycles. The Bertz CT molecular complexity index is 462. The Hall–Kier alpha value is -1.17. The first-order chi connectivity index (χ1) is 9.29. The maximum Gasteiger partial charge on any atom is 0.440 e. The van der Waals surface area contributed by atoms with E-state index in [9.17, 15) is 9.59 Å². The third-order valence-electron chi connectivity index (χ3n) is 2.26. The van der Waals surface area contributed by atoms with Crippen LogP contribution in [0.4, 0.5) is 4.79 Å². The van der Waals surface area contributed by atoms with Crippen LogP contribution in [0.3, 0.4) is 0 Å². The minimum absolute atomic E-state index is 0.463. The van der Waals surface area contributed by atoms with Crippen LogP contribution in [0.1, 0.15) is 18.4 Å². The largest absolute Gasteiger partial charge is 0.443 e. The zero-order valence-electron chi connectivity index (χ0n) is 10.4. The second-order valence-electron chi connectivity index (χ2n) is 3.85. The molecule has 1 amide bonds. The Balaban J connectivity index is 2.38. The molecule has 5 nitrogen and oxygen atoms in total. The SMILES string of the molecule is C[C@@H](C(=O)ONC(=O)OCC(Cl)(Cl)Cl)c1ccccc1. The molecule has 0 bridgehead atoms. The maximum atomic E-state index is 11.7. The summed E-state index contributed by atoms with van der Waals surface area (Å²) in [7, 11) is 0. The molecule has 0 unspecified atom stereocenters. The van der Waals surface area contributed by atoms with Crippen LogP contribution in [0.15, 0.2) is 30.3 Å². The molecule has 20 heavy (non-hydrogen) atoms. The van der Waals surface area contributed by atoms with Gasteiger partial charge in [-0.2, -0.15) is 0 Å². The average Bonchev–Trinajstić information content (AvgIpc) is 2.41. The summed E-state index contributed by atoms with van der Waals surface area (Å²) in [6.45, 7) is 1.18. The Kier molecular flexibility index (Phi) is 6.39. The van der Waals surface area contributed by atoms with E-state index in [1.54, 1.807) is 31.2 Å². The first-order valence-electron chi connectivity index (χ1n) is 5.55. The van der Waals surface area contributed by atoms with E-state index >= 15 is 0 Å². The predicted molar refractivity (Wildman–Crippen MR) is 75.7 cm³/mol. The number of halogens is 3. The fourth-order valence-corrected chi connectivity index (χ4v) is 1.40. The van der Waals surface area contributed by atoms with E-state index in [1.165, 1.54) is 0 Å². The standard InChI is InChI=1S/C12H12Cl3NO4/c1-8(9-5-3-2-4-6-9)10(17)20-16-11(18)19-7-12(13,14)15/h2-6,8H,7H2,1H3,(H,16,18)/t8-/m1/s1. The molecule has 1 aromatic rings. The van der Waals surface area contributed by atoms with Crippen LogP contribution in [0, 0.1) is 0 Å². The summed E-state index contributed by atoms with van der Waals surface area (Å²) >= 11 is 16.2. The zero-order chi connectivity index (χ0) is 15.2. The molecule has 1 rings (SSSR count).